The summed E-state index contributed by atoms with van der Waals surface area (Å²) in [6, 6.07) is 3.14. The molecule has 0 fully saturated rings. The van der Waals surface area contributed by atoms with E-state index < -0.39 is 5.95 Å². The van der Waals surface area contributed by atoms with Crippen LogP contribution >= 0.6 is 0 Å². The second-order valence-electron chi connectivity index (χ2n) is 2.57. The average Bonchev–Trinajstić information content (AvgIpc) is 1.88. The van der Waals surface area contributed by atoms with Gasteiger partial charge in [-0.1, -0.05) is 19.9 Å². The molecule has 1 heterocycles. The van der Waals surface area contributed by atoms with Gasteiger partial charge >= 0.3 is 0 Å². The van der Waals surface area contributed by atoms with Crippen molar-refractivity contribution in [2.75, 3.05) is 0 Å². The zero-order chi connectivity index (χ0) is 7.56. The molecule has 0 aromatic carbocycles. The number of halogens is 1. The monoisotopic (exact) mass is 139 g/mol. The van der Waals surface area contributed by atoms with E-state index >= 15 is 0 Å². The summed E-state index contributed by atoms with van der Waals surface area (Å²) in [5.41, 5.74) is 1.07. The first-order chi connectivity index (χ1) is 4.70. The second-order valence-corrected chi connectivity index (χ2v) is 2.57. The molecule has 1 aromatic heterocycles. The van der Waals surface area contributed by atoms with Crippen LogP contribution < -0.4 is 0 Å². The van der Waals surface area contributed by atoms with Crippen molar-refractivity contribution in [3.05, 3.63) is 29.8 Å². The average molecular weight is 139 g/mol. The number of rotatable bonds is 1. The van der Waals surface area contributed by atoms with Gasteiger partial charge in [0.1, 0.15) is 0 Å². The lowest BCUT2D eigenvalue weighted by Crippen LogP contribution is -1.89. The van der Waals surface area contributed by atoms with Crippen LogP contribution in [-0.2, 0) is 0 Å². The van der Waals surface area contributed by atoms with Gasteiger partial charge in [0.25, 0.3) is 0 Å². The fourth-order valence-electron chi connectivity index (χ4n) is 0.729. The molecule has 1 aromatic rings. The third-order valence-electron chi connectivity index (χ3n) is 1.42. The molecule has 0 bridgehead atoms. The summed E-state index contributed by atoms with van der Waals surface area (Å²) in [6.45, 7) is 4.10. The SMILES string of the molecule is CC(C)c1ccc(F)nc1. The van der Waals surface area contributed by atoms with E-state index in [1.54, 1.807) is 12.3 Å². The molecule has 0 N–H and O–H groups in total. The van der Waals surface area contributed by atoms with Crippen molar-refractivity contribution in [1.82, 2.24) is 4.98 Å². The molecule has 0 atom stereocenters. The summed E-state index contributed by atoms with van der Waals surface area (Å²) in [6.07, 6.45) is 1.57. The molecule has 2 heteroatoms. The van der Waals surface area contributed by atoms with Crippen LogP contribution in [0.3, 0.4) is 0 Å². The number of aromatic nitrogens is 1. The molecule has 1 rings (SSSR count). The molecule has 0 amide bonds. The van der Waals surface area contributed by atoms with Gasteiger partial charge in [-0.2, -0.15) is 4.39 Å². The van der Waals surface area contributed by atoms with Crippen molar-refractivity contribution in [1.29, 1.82) is 0 Å². The van der Waals surface area contributed by atoms with Crippen molar-refractivity contribution >= 4 is 0 Å². The zero-order valence-electron chi connectivity index (χ0n) is 6.13. The molecule has 54 valence electrons. The van der Waals surface area contributed by atoms with Crippen molar-refractivity contribution < 1.29 is 4.39 Å². The second kappa shape index (κ2) is 2.78. The Morgan fingerprint density at radius 1 is 1.40 bits per heavy atom. The number of hydrogen-bond donors (Lipinski definition) is 0. The fourth-order valence-corrected chi connectivity index (χ4v) is 0.729. The van der Waals surface area contributed by atoms with Gasteiger partial charge in [0.15, 0.2) is 0 Å². The Bertz CT molecular complexity index is 203. The Balaban J connectivity index is 2.89. The first-order valence-corrected chi connectivity index (χ1v) is 3.31. The maximum atomic E-state index is 12.2. The highest BCUT2D eigenvalue weighted by Gasteiger charge is 1.97. The Morgan fingerprint density at radius 2 is 2.10 bits per heavy atom. The van der Waals surface area contributed by atoms with Crippen LogP contribution in [-0.4, -0.2) is 4.98 Å². The Labute approximate surface area is 59.9 Å². The highest BCUT2D eigenvalue weighted by Crippen LogP contribution is 2.11. The minimum atomic E-state index is -0.413. The predicted molar refractivity (Wildman–Crippen MR) is 38.3 cm³/mol. The normalized spacial score (nSPS) is 10.4. The van der Waals surface area contributed by atoms with Crippen LogP contribution in [0.25, 0.3) is 0 Å². The van der Waals surface area contributed by atoms with Crippen LogP contribution in [0.15, 0.2) is 18.3 Å². The van der Waals surface area contributed by atoms with Crippen LogP contribution in [0.5, 0.6) is 0 Å². The van der Waals surface area contributed by atoms with Gasteiger partial charge in [0.2, 0.25) is 5.95 Å². The van der Waals surface area contributed by atoms with E-state index in [-0.39, 0.29) is 0 Å². The highest BCUT2D eigenvalue weighted by atomic mass is 19.1. The molecule has 0 radical (unpaired) electrons. The van der Waals surface area contributed by atoms with Crippen molar-refractivity contribution in [2.24, 2.45) is 0 Å². The van der Waals surface area contributed by atoms with Crippen LogP contribution in [0.4, 0.5) is 4.39 Å². The van der Waals surface area contributed by atoms with E-state index in [0.29, 0.717) is 5.92 Å². The summed E-state index contributed by atoms with van der Waals surface area (Å²) in [5, 5.41) is 0. The predicted octanol–water partition coefficient (Wildman–Crippen LogP) is 2.34. The van der Waals surface area contributed by atoms with Gasteiger partial charge in [-0.05, 0) is 17.5 Å². The topological polar surface area (TPSA) is 12.9 Å². The smallest absolute Gasteiger partial charge is 0.212 e. The Hall–Kier alpha value is -0.920. The molecule has 0 saturated heterocycles. The summed E-state index contributed by atoms with van der Waals surface area (Å²) in [4.78, 5) is 3.53. The quantitative estimate of drug-likeness (QED) is 0.544. The largest absolute Gasteiger partial charge is 0.228 e. The summed E-state index contributed by atoms with van der Waals surface area (Å²) in [7, 11) is 0. The lowest BCUT2D eigenvalue weighted by Gasteiger charge is -2.01. The molecule has 1 nitrogen and oxygen atoms in total. The van der Waals surface area contributed by atoms with Crippen LogP contribution in [0.2, 0.25) is 0 Å². The molecule has 0 aliphatic heterocycles. The zero-order valence-corrected chi connectivity index (χ0v) is 6.13. The Kier molecular flexibility index (Phi) is 2.00. The molecular weight excluding hydrogens is 129 g/mol. The molecule has 0 unspecified atom stereocenters. The third kappa shape index (κ3) is 1.53. The molecule has 10 heavy (non-hydrogen) atoms. The van der Waals surface area contributed by atoms with Gasteiger partial charge < -0.3 is 0 Å². The molecular formula is C8H10FN. The van der Waals surface area contributed by atoms with E-state index in [2.05, 4.69) is 18.8 Å². The maximum absolute atomic E-state index is 12.2. The van der Waals surface area contributed by atoms with Gasteiger partial charge in [0.05, 0.1) is 0 Å². The van der Waals surface area contributed by atoms with Crippen LogP contribution in [0, 0.1) is 5.95 Å². The summed E-state index contributed by atoms with van der Waals surface area (Å²) in [5.74, 6) is 0.0116. The van der Waals surface area contributed by atoms with E-state index in [9.17, 15) is 4.39 Å². The first kappa shape index (κ1) is 7.19. The molecule has 0 aliphatic carbocycles. The number of nitrogens with zero attached hydrogens (tertiary/aromatic N) is 1. The van der Waals surface area contributed by atoms with E-state index in [1.807, 2.05) is 0 Å². The summed E-state index contributed by atoms with van der Waals surface area (Å²) >= 11 is 0. The van der Waals surface area contributed by atoms with Gasteiger partial charge in [-0.15, -0.1) is 0 Å². The van der Waals surface area contributed by atoms with E-state index in [1.165, 1.54) is 6.07 Å². The molecule has 0 aliphatic rings. The van der Waals surface area contributed by atoms with Crippen molar-refractivity contribution in [2.45, 2.75) is 19.8 Å². The lowest BCUT2D eigenvalue weighted by atomic mass is 10.1. The minimum absolute atomic E-state index is 0.413. The minimum Gasteiger partial charge on any atom is -0.228 e. The standard InChI is InChI=1S/C8H10FN/c1-6(2)7-3-4-8(9)10-5-7/h3-6H,1-2H3. The van der Waals surface area contributed by atoms with E-state index in [4.69, 9.17) is 0 Å². The number of hydrogen-bond acceptors (Lipinski definition) is 1. The van der Waals surface area contributed by atoms with Crippen LogP contribution in [0.1, 0.15) is 25.3 Å². The first-order valence-electron chi connectivity index (χ1n) is 3.31. The maximum Gasteiger partial charge on any atom is 0.212 e. The molecule has 0 saturated carbocycles. The number of pyridine rings is 1. The highest BCUT2D eigenvalue weighted by molar-refractivity contribution is 5.12. The van der Waals surface area contributed by atoms with Crippen molar-refractivity contribution in [3.63, 3.8) is 0 Å². The lowest BCUT2D eigenvalue weighted by molar-refractivity contribution is 0.581. The Morgan fingerprint density at radius 3 is 2.50 bits per heavy atom. The fraction of sp³-hybridized carbons (Fsp3) is 0.375. The molecule has 0 spiro atoms. The van der Waals surface area contributed by atoms with Gasteiger partial charge in [0, 0.05) is 6.20 Å². The summed E-state index contributed by atoms with van der Waals surface area (Å²) < 4.78 is 12.2. The van der Waals surface area contributed by atoms with Gasteiger partial charge in [-0.3, -0.25) is 0 Å². The van der Waals surface area contributed by atoms with E-state index in [0.717, 1.165) is 5.56 Å². The third-order valence-corrected chi connectivity index (χ3v) is 1.42. The van der Waals surface area contributed by atoms with Gasteiger partial charge in [-0.25, -0.2) is 4.98 Å². The van der Waals surface area contributed by atoms with Crippen molar-refractivity contribution in [3.8, 4) is 0 Å².